The predicted molar refractivity (Wildman–Crippen MR) is 79.6 cm³/mol. The fourth-order valence-electron chi connectivity index (χ4n) is 1.84. The molecule has 1 aromatic heterocycles. The molecular formula is C14H17FN4S. The van der Waals surface area contributed by atoms with Gasteiger partial charge in [0, 0.05) is 11.9 Å². The van der Waals surface area contributed by atoms with Gasteiger partial charge >= 0.3 is 0 Å². The highest BCUT2D eigenvalue weighted by Gasteiger charge is 2.17. The number of hydrogen-bond acceptors (Lipinski definition) is 4. The molecule has 4 nitrogen and oxygen atoms in total. The number of nitrogens with two attached hydrogens (primary N) is 1. The largest absolute Gasteiger partial charge is 0.323 e. The van der Waals surface area contributed by atoms with Crippen molar-refractivity contribution in [2.24, 2.45) is 18.0 Å². The quantitative estimate of drug-likeness (QED) is 0.535. The van der Waals surface area contributed by atoms with E-state index < -0.39 is 0 Å². The molecule has 6 heteroatoms. The van der Waals surface area contributed by atoms with Crippen LogP contribution in [0.15, 0.2) is 39.3 Å². The van der Waals surface area contributed by atoms with Crippen molar-refractivity contribution in [1.29, 1.82) is 0 Å². The van der Waals surface area contributed by atoms with Crippen LogP contribution in [0.3, 0.4) is 0 Å². The van der Waals surface area contributed by atoms with Gasteiger partial charge in [-0.15, -0.1) is 0 Å². The van der Waals surface area contributed by atoms with E-state index in [1.54, 1.807) is 6.07 Å². The lowest BCUT2D eigenvalue weighted by Crippen LogP contribution is -1.99. The number of nitrogens with zero attached hydrogens (tertiary/aromatic N) is 3. The molecule has 0 saturated heterocycles. The van der Waals surface area contributed by atoms with Crippen LogP contribution in [0.5, 0.6) is 0 Å². The summed E-state index contributed by atoms with van der Waals surface area (Å²) in [7, 11) is 1.90. The van der Waals surface area contributed by atoms with Crippen molar-refractivity contribution in [2.75, 3.05) is 0 Å². The number of aromatic nitrogens is 2. The molecule has 20 heavy (non-hydrogen) atoms. The van der Waals surface area contributed by atoms with Crippen molar-refractivity contribution in [3.8, 4) is 0 Å². The number of rotatable bonds is 4. The smallest absolute Gasteiger partial charge is 0.153 e. The van der Waals surface area contributed by atoms with E-state index in [2.05, 4.69) is 23.9 Å². The summed E-state index contributed by atoms with van der Waals surface area (Å²) >= 11 is 1.49. The molecule has 0 aliphatic rings. The molecule has 0 radical (unpaired) electrons. The minimum Gasteiger partial charge on any atom is -0.323 e. The van der Waals surface area contributed by atoms with E-state index in [-0.39, 0.29) is 11.7 Å². The van der Waals surface area contributed by atoms with E-state index in [1.165, 1.54) is 30.1 Å². The van der Waals surface area contributed by atoms with Crippen molar-refractivity contribution in [1.82, 2.24) is 9.55 Å². The Morgan fingerprint density at radius 2 is 2.20 bits per heavy atom. The zero-order valence-corrected chi connectivity index (χ0v) is 12.5. The summed E-state index contributed by atoms with van der Waals surface area (Å²) < 4.78 is 15.2. The lowest BCUT2D eigenvalue weighted by molar-refractivity contribution is 0.624. The summed E-state index contributed by atoms with van der Waals surface area (Å²) in [6.45, 7) is 4.14. The highest BCUT2D eigenvalue weighted by molar-refractivity contribution is 7.99. The minimum absolute atomic E-state index is 0.244. The summed E-state index contributed by atoms with van der Waals surface area (Å²) in [6, 6.07) is 6.52. The summed E-state index contributed by atoms with van der Waals surface area (Å²) in [5.41, 5.74) is 0.955. The molecule has 0 aliphatic heterocycles. The number of hydrogen-bond donors (Lipinski definition) is 1. The van der Waals surface area contributed by atoms with Crippen LogP contribution in [0.4, 0.5) is 4.39 Å². The van der Waals surface area contributed by atoms with E-state index in [1.807, 2.05) is 17.7 Å². The minimum atomic E-state index is -0.244. The first kappa shape index (κ1) is 14.6. The summed E-state index contributed by atoms with van der Waals surface area (Å²) in [5.74, 6) is 5.90. The molecule has 1 aromatic carbocycles. The Bertz CT molecular complexity index is 634. The number of benzene rings is 1. The molecule has 0 unspecified atom stereocenters. The lowest BCUT2D eigenvalue weighted by atomic mass is 10.2. The van der Waals surface area contributed by atoms with Gasteiger partial charge in [-0.1, -0.05) is 31.7 Å². The molecule has 106 valence electrons. The molecule has 2 rings (SSSR count). The monoisotopic (exact) mass is 292 g/mol. The Morgan fingerprint density at radius 1 is 1.45 bits per heavy atom. The maximum Gasteiger partial charge on any atom is 0.153 e. The normalized spacial score (nSPS) is 11.7. The molecular weight excluding hydrogens is 275 g/mol. The highest BCUT2D eigenvalue weighted by Crippen LogP contribution is 2.34. The van der Waals surface area contributed by atoms with E-state index in [9.17, 15) is 4.39 Å². The lowest BCUT2D eigenvalue weighted by Gasteiger charge is -2.08. The van der Waals surface area contributed by atoms with Crippen molar-refractivity contribution in [2.45, 2.75) is 29.7 Å². The first-order valence-corrected chi connectivity index (χ1v) is 7.08. The molecule has 2 N–H and O–H groups in total. The third kappa shape index (κ3) is 3.01. The zero-order valence-electron chi connectivity index (χ0n) is 11.7. The maximum atomic E-state index is 13.3. The Labute approximate surface area is 121 Å². The number of imidazole rings is 1. The van der Waals surface area contributed by atoms with Crippen LogP contribution in [-0.4, -0.2) is 15.8 Å². The van der Waals surface area contributed by atoms with Gasteiger partial charge in [-0.2, -0.15) is 5.10 Å². The second kappa shape index (κ2) is 6.09. The van der Waals surface area contributed by atoms with Crippen molar-refractivity contribution in [3.63, 3.8) is 0 Å². The highest BCUT2D eigenvalue weighted by atomic mass is 32.2. The van der Waals surface area contributed by atoms with Crippen molar-refractivity contribution in [3.05, 3.63) is 41.6 Å². The number of hydrazone groups is 1. The zero-order chi connectivity index (χ0) is 14.7. The van der Waals surface area contributed by atoms with Crippen LogP contribution in [-0.2, 0) is 7.05 Å². The molecule has 0 atom stereocenters. The van der Waals surface area contributed by atoms with Gasteiger partial charge in [0.15, 0.2) is 5.82 Å². The first-order chi connectivity index (χ1) is 9.52. The van der Waals surface area contributed by atoms with Crippen molar-refractivity contribution < 1.29 is 4.39 Å². The fraction of sp³-hybridized carbons (Fsp3) is 0.286. The third-order valence-electron chi connectivity index (χ3n) is 2.85. The topological polar surface area (TPSA) is 56.2 Å². The molecule has 2 aromatic rings. The predicted octanol–water partition coefficient (Wildman–Crippen LogP) is 3.13. The third-order valence-corrected chi connectivity index (χ3v) is 4.02. The Hall–Kier alpha value is -1.82. The van der Waals surface area contributed by atoms with Gasteiger partial charge < -0.3 is 10.4 Å². The Balaban J connectivity index is 2.44. The van der Waals surface area contributed by atoms with E-state index in [0.29, 0.717) is 5.82 Å². The van der Waals surface area contributed by atoms with Crippen LogP contribution in [0.25, 0.3) is 0 Å². The Kier molecular flexibility index (Phi) is 4.44. The molecule has 0 spiro atoms. The van der Waals surface area contributed by atoms with Gasteiger partial charge in [-0.25, -0.2) is 9.37 Å². The average Bonchev–Trinajstić information content (AvgIpc) is 2.69. The second-order valence-electron chi connectivity index (χ2n) is 4.71. The van der Waals surface area contributed by atoms with Gasteiger partial charge in [0.05, 0.1) is 11.9 Å². The fourth-order valence-corrected chi connectivity index (χ4v) is 3.00. The molecule has 0 saturated carbocycles. The molecule has 0 amide bonds. The Morgan fingerprint density at radius 3 is 2.80 bits per heavy atom. The molecule has 0 bridgehead atoms. The van der Waals surface area contributed by atoms with Crippen LogP contribution in [0, 0.1) is 5.82 Å². The van der Waals surface area contributed by atoms with E-state index in [4.69, 9.17) is 5.84 Å². The second-order valence-corrected chi connectivity index (χ2v) is 5.77. The van der Waals surface area contributed by atoms with Gasteiger partial charge in [0.25, 0.3) is 0 Å². The van der Waals surface area contributed by atoms with Crippen LogP contribution >= 0.6 is 11.8 Å². The molecule has 1 heterocycles. The average molecular weight is 292 g/mol. The summed E-state index contributed by atoms with van der Waals surface area (Å²) in [5, 5.41) is 4.50. The SMILES string of the molecule is CC(C)c1nc(C=NN)n(C)c1Sc1cccc(F)c1. The van der Waals surface area contributed by atoms with Crippen LogP contribution < -0.4 is 5.84 Å². The first-order valence-electron chi connectivity index (χ1n) is 6.26. The number of halogens is 1. The van der Waals surface area contributed by atoms with Gasteiger partial charge in [0.1, 0.15) is 10.8 Å². The van der Waals surface area contributed by atoms with Crippen LogP contribution in [0.1, 0.15) is 31.3 Å². The standard InChI is InChI=1S/C14H17FN4S/c1-9(2)13-14(19(3)12(18-13)8-17-16)20-11-6-4-5-10(15)7-11/h4-9H,16H2,1-3H3. The summed E-state index contributed by atoms with van der Waals surface area (Å²) in [4.78, 5) is 5.38. The van der Waals surface area contributed by atoms with Crippen molar-refractivity contribution >= 4 is 18.0 Å². The van der Waals surface area contributed by atoms with Gasteiger partial charge in [-0.3, -0.25) is 0 Å². The summed E-state index contributed by atoms with van der Waals surface area (Å²) in [6.07, 6.45) is 1.52. The molecule has 0 fully saturated rings. The van der Waals surface area contributed by atoms with E-state index in [0.717, 1.165) is 15.6 Å². The maximum absolute atomic E-state index is 13.3. The van der Waals surface area contributed by atoms with E-state index >= 15 is 0 Å². The molecule has 0 aliphatic carbocycles. The van der Waals surface area contributed by atoms with Gasteiger partial charge in [0.2, 0.25) is 0 Å². The van der Waals surface area contributed by atoms with Crippen LogP contribution in [0.2, 0.25) is 0 Å². The van der Waals surface area contributed by atoms with Gasteiger partial charge in [-0.05, 0) is 24.1 Å².